The van der Waals surface area contributed by atoms with Crippen LogP contribution in [0.2, 0.25) is 0 Å². The van der Waals surface area contributed by atoms with Crippen molar-refractivity contribution in [1.82, 2.24) is 14.7 Å². The molecule has 2 aromatic heterocycles. The first kappa shape index (κ1) is 15.3. The number of aryl methyl sites for hydroxylation is 2. The van der Waals surface area contributed by atoms with Crippen molar-refractivity contribution in [3.8, 4) is 0 Å². The lowest BCUT2D eigenvalue weighted by molar-refractivity contribution is -0.173. The van der Waals surface area contributed by atoms with Crippen molar-refractivity contribution < 1.29 is 17.9 Å². The van der Waals surface area contributed by atoms with E-state index in [1.54, 1.807) is 11.3 Å². The van der Waals surface area contributed by atoms with E-state index in [0.717, 1.165) is 16.3 Å². The lowest BCUT2D eigenvalue weighted by Crippen LogP contribution is -2.24. The molecule has 2 heterocycles. The molecule has 0 radical (unpaired) electrons. The number of nitrogens with one attached hydrogen (secondary N) is 1. The number of thiazole rings is 1. The molecule has 0 saturated heterocycles. The third-order valence-electron chi connectivity index (χ3n) is 2.72. The number of nitrogens with zero attached hydrogens (tertiary/aromatic N) is 2. The quantitative estimate of drug-likeness (QED) is 0.834. The summed E-state index contributed by atoms with van der Waals surface area (Å²) >= 11 is 1.61. The fourth-order valence-electron chi connectivity index (χ4n) is 1.86. The Morgan fingerprint density at radius 1 is 1.40 bits per heavy atom. The highest BCUT2D eigenvalue weighted by Gasteiger charge is 2.27. The van der Waals surface area contributed by atoms with E-state index in [1.165, 1.54) is 4.88 Å². The first-order valence-corrected chi connectivity index (χ1v) is 6.97. The second kappa shape index (κ2) is 6.11. The summed E-state index contributed by atoms with van der Waals surface area (Å²) in [4.78, 5) is 6.55. The summed E-state index contributed by atoms with van der Waals surface area (Å²) in [6, 6.07) is 0. The molecule has 0 fully saturated rings. The lowest BCUT2D eigenvalue weighted by atomic mass is 10.3. The van der Waals surface area contributed by atoms with Crippen molar-refractivity contribution in [1.29, 1.82) is 0 Å². The van der Waals surface area contributed by atoms with Gasteiger partial charge in [-0.05, 0) is 13.8 Å². The van der Waals surface area contributed by atoms with Gasteiger partial charge in [-0.1, -0.05) is 0 Å². The van der Waals surface area contributed by atoms with Crippen LogP contribution in [0, 0.1) is 13.8 Å². The Morgan fingerprint density at radius 2 is 2.15 bits per heavy atom. The molecule has 0 unspecified atom stereocenters. The van der Waals surface area contributed by atoms with Gasteiger partial charge in [0.25, 0.3) is 0 Å². The molecule has 4 nitrogen and oxygen atoms in total. The van der Waals surface area contributed by atoms with Gasteiger partial charge in [0, 0.05) is 24.2 Å². The predicted octanol–water partition coefficient (Wildman–Crippen LogP) is 2.68. The number of alkyl halides is 3. The van der Waals surface area contributed by atoms with Gasteiger partial charge in [0.2, 0.25) is 0 Å². The van der Waals surface area contributed by atoms with E-state index < -0.39 is 12.8 Å². The predicted molar refractivity (Wildman–Crippen MR) is 71.1 cm³/mol. The Morgan fingerprint density at radius 3 is 2.85 bits per heavy atom. The second-order valence-electron chi connectivity index (χ2n) is 4.48. The maximum absolute atomic E-state index is 11.9. The minimum atomic E-state index is -4.26. The van der Waals surface area contributed by atoms with Crippen LogP contribution in [0.25, 0.3) is 4.96 Å². The van der Waals surface area contributed by atoms with Gasteiger partial charge in [-0.25, -0.2) is 4.98 Å². The highest BCUT2D eigenvalue weighted by Crippen LogP contribution is 2.20. The number of halogens is 3. The van der Waals surface area contributed by atoms with E-state index in [4.69, 9.17) is 0 Å². The normalized spacial score (nSPS) is 12.4. The molecular weight excluding hydrogens is 291 g/mol. The first-order valence-electron chi connectivity index (χ1n) is 6.16. The summed E-state index contributed by atoms with van der Waals surface area (Å²) in [6.45, 7) is 3.69. The standard InChI is InChI=1S/C12H16F3N3OS/c1-8-6-18-10(9(2)17-11(18)20-8)5-16-3-4-19-7-12(13,14)15/h6,16H,3-5,7H2,1-2H3. The zero-order valence-electron chi connectivity index (χ0n) is 11.3. The molecule has 0 atom stereocenters. The SMILES string of the molecule is Cc1cn2c(CNCCOCC(F)(F)F)c(C)nc2s1. The maximum atomic E-state index is 11.9. The first-order chi connectivity index (χ1) is 9.37. The molecule has 112 valence electrons. The zero-order chi connectivity index (χ0) is 14.8. The summed E-state index contributed by atoms with van der Waals surface area (Å²) in [5.74, 6) is 0. The van der Waals surface area contributed by atoms with Gasteiger partial charge in [-0.2, -0.15) is 13.2 Å². The van der Waals surface area contributed by atoms with E-state index in [0.29, 0.717) is 13.1 Å². The van der Waals surface area contributed by atoms with Crippen molar-refractivity contribution >= 4 is 16.3 Å². The Bertz CT molecular complexity index is 576. The van der Waals surface area contributed by atoms with Crippen molar-refractivity contribution in [2.45, 2.75) is 26.6 Å². The molecule has 2 rings (SSSR count). The molecule has 0 aliphatic carbocycles. The molecule has 0 aliphatic heterocycles. The number of rotatable bonds is 6. The zero-order valence-corrected chi connectivity index (χ0v) is 12.1. The largest absolute Gasteiger partial charge is 0.411 e. The Balaban J connectivity index is 1.80. The molecule has 0 spiro atoms. The number of hydrogen-bond donors (Lipinski definition) is 1. The lowest BCUT2D eigenvalue weighted by Gasteiger charge is -2.08. The van der Waals surface area contributed by atoms with Gasteiger partial charge in [0.1, 0.15) is 6.61 Å². The summed E-state index contributed by atoms with van der Waals surface area (Å²) in [7, 11) is 0. The van der Waals surface area contributed by atoms with Crippen molar-refractivity contribution in [3.05, 3.63) is 22.5 Å². The Kier molecular flexibility index (Phi) is 4.66. The number of ether oxygens (including phenoxy) is 1. The molecule has 2 aromatic rings. The van der Waals surface area contributed by atoms with Crippen molar-refractivity contribution in [3.63, 3.8) is 0 Å². The molecule has 0 saturated carbocycles. The van der Waals surface area contributed by atoms with Crippen LogP contribution in [0.5, 0.6) is 0 Å². The molecule has 0 amide bonds. The smallest absolute Gasteiger partial charge is 0.371 e. The van der Waals surface area contributed by atoms with Gasteiger partial charge in [-0.3, -0.25) is 4.40 Å². The summed E-state index contributed by atoms with van der Waals surface area (Å²) in [5, 5.41) is 3.07. The second-order valence-corrected chi connectivity index (χ2v) is 5.70. The number of imidazole rings is 1. The van der Waals surface area contributed by atoms with Gasteiger partial charge in [0.15, 0.2) is 4.96 Å². The highest BCUT2D eigenvalue weighted by molar-refractivity contribution is 7.17. The third kappa shape index (κ3) is 3.94. The maximum Gasteiger partial charge on any atom is 0.411 e. The summed E-state index contributed by atoms with van der Waals surface area (Å²) in [5.41, 5.74) is 1.96. The monoisotopic (exact) mass is 307 g/mol. The van der Waals surface area contributed by atoms with Crippen LogP contribution in [0.4, 0.5) is 13.2 Å². The van der Waals surface area contributed by atoms with Crippen molar-refractivity contribution in [2.24, 2.45) is 0 Å². The van der Waals surface area contributed by atoms with Crippen LogP contribution < -0.4 is 5.32 Å². The molecular formula is C12H16F3N3OS. The molecule has 0 bridgehead atoms. The van der Waals surface area contributed by atoms with E-state index in [2.05, 4.69) is 15.0 Å². The van der Waals surface area contributed by atoms with Crippen LogP contribution in [0.1, 0.15) is 16.3 Å². The van der Waals surface area contributed by atoms with E-state index in [9.17, 15) is 13.2 Å². The Hall–Kier alpha value is -1.12. The van der Waals surface area contributed by atoms with Gasteiger partial charge < -0.3 is 10.1 Å². The third-order valence-corrected chi connectivity index (χ3v) is 3.62. The van der Waals surface area contributed by atoms with Crippen molar-refractivity contribution in [2.75, 3.05) is 19.8 Å². The summed E-state index contributed by atoms with van der Waals surface area (Å²) in [6.07, 6.45) is -2.25. The van der Waals surface area contributed by atoms with Crippen LogP contribution >= 0.6 is 11.3 Å². The average Bonchev–Trinajstić information content (AvgIpc) is 2.79. The fourth-order valence-corrected chi connectivity index (χ4v) is 2.75. The van der Waals surface area contributed by atoms with E-state index >= 15 is 0 Å². The molecule has 1 N–H and O–H groups in total. The van der Waals surface area contributed by atoms with Crippen LogP contribution in [0.3, 0.4) is 0 Å². The fraction of sp³-hybridized carbons (Fsp3) is 0.583. The minimum Gasteiger partial charge on any atom is -0.371 e. The van der Waals surface area contributed by atoms with Crippen LogP contribution in [-0.2, 0) is 11.3 Å². The minimum absolute atomic E-state index is 0.0309. The van der Waals surface area contributed by atoms with E-state index in [-0.39, 0.29) is 6.61 Å². The van der Waals surface area contributed by atoms with Gasteiger partial charge in [-0.15, -0.1) is 11.3 Å². The number of aromatic nitrogens is 2. The van der Waals surface area contributed by atoms with E-state index in [1.807, 2.05) is 24.4 Å². The topological polar surface area (TPSA) is 38.6 Å². The molecule has 0 aliphatic rings. The molecule has 8 heteroatoms. The van der Waals surface area contributed by atoms with Crippen LogP contribution in [0.15, 0.2) is 6.20 Å². The summed E-state index contributed by atoms with van der Waals surface area (Å²) < 4.78 is 42.1. The molecule has 0 aromatic carbocycles. The Labute approximate surface area is 118 Å². The average molecular weight is 307 g/mol. The molecule has 20 heavy (non-hydrogen) atoms. The van der Waals surface area contributed by atoms with Crippen LogP contribution in [-0.4, -0.2) is 35.3 Å². The number of hydrogen-bond acceptors (Lipinski definition) is 4. The van der Waals surface area contributed by atoms with Gasteiger partial charge >= 0.3 is 6.18 Å². The van der Waals surface area contributed by atoms with Gasteiger partial charge in [0.05, 0.1) is 18.0 Å². The number of fused-ring (bicyclic) bond motifs is 1. The highest BCUT2D eigenvalue weighted by atomic mass is 32.1.